The molecule has 0 radical (unpaired) electrons. The smallest absolute Gasteiger partial charge is 0.357 e. The summed E-state index contributed by atoms with van der Waals surface area (Å²) in [6, 6.07) is 9.75. The van der Waals surface area contributed by atoms with Gasteiger partial charge in [0.1, 0.15) is 0 Å². The van der Waals surface area contributed by atoms with Gasteiger partial charge in [-0.15, -0.1) is 0 Å². The van der Waals surface area contributed by atoms with Crippen molar-refractivity contribution in [3.63, 3.8) is 0 Å². The third-order valence-corrected chi connectivity index (χ3v) is 2.62. The van der Waals surface area contributed by atoms with Gasteiger partial charge in [0.15, 0.2) is 5.69 Å². The molecule has 1 aromatic carbocycles. The number of hydrogen-bond acceptors (Lipinski definition) is 3. The van der Waals surface area contributed by atoms with Crippen molar-refractivity contribution in [3.05, 3.63) is 41.7 Å². The molecule has 3 heteroatoms. The molecule has 0 spiro atoms. The maximum atomic E-state index is 11.8. The van der Waals surface area contributed by atoms with E-state index in [1.165, 1.54) is 0 Å². The summed E-state index contributed by atoms with van der Waals surface area (Å²) < 4.78 is 5.03. The second kappa shape index (κ2) is 4.95. The predicted molar refractivity (Wildman–Crippen MR) is 67.1 cm³/mol. The highest BCUT2D eigenvalue weighted by Gasteiger charge is 2.13. The first-order valence-corrected chi connectivity index (χ1v) is 5.82. The van der Waals surface area contributed by atoms with Crippen LogP contribution < -0.4 is 0 Å². The Morgan fingerprint density at radius 1 is 1.29 bits per heavy atom. The molecule has 0 bridgehead atoms. The van der Waals surface area contributed by atoms with Crippen molar-refractivity contribution in [1.82, 2.24) is 4.98 Å². The van der Waals surface area contributed by atoms with Gasteiger partial charge in [-0.25, -0.2) is 9.78 Å². The molecule has 0 unspecified atom stereocenters. The van der Waals surface area contributed by atoms with Crippen LogP contribution in [0.2, 0.25) is 0 Å². The number of ether oxygens (including phenoxy) is 1. The average Bonchev–Trinajstić information content (AvgIpc) is 2.37. The second-order valence-electron chi connectivity index (χ2n) is 3.76. The van der Waals surface area contributed by atoms with Gasteiger partial charge in [0, 0.05) is 11.1 Å². The zero-order valence-electron chi connectivity index (χ0n) is 10.1. The van der Waals surface area contributed by atoms with Gasteiger partial charge in [0.2, 0.25) is 0 Å². The Hall–Kier alpha value is -1.90. The fraction of sp³-hybridized carbons (Fsp3) is 0.286. The minimum atomic E-state index is -0.348. The van der Waals surface area contributed by atoms with Crippen LogP contribution in [-0.4, -0.2) is 17.6 Å². The van der Waals surface area contributed by atoms with E-state index in [1.54, 1.807) is 6.92 Å². The number of hydrogen-bond donors (Lipinski definition) is 0. The van der Waals surface area contributed by atoms with Crippen LogP contribution in [0.15, 0.2) is 30.3 Å². The van der Waals surface area contributed by atoms with E-state index in [0.717, 1.165) is 22.9 Å². The van der Waals surface area contributed by atoms with Crippen molar-refractivity contribution >= 4 is 16.7 Å². The van der Waals surface area contributed by atoms with E-state index in [4.69, 9.17) is 4.74 Å². The van der Waals surface area contributed by atoms with Gasteiger partial charge >= 0.3 is 5.97 Å². The molecular weight excluding hydrogens is 214 g/mol. The van der Waals surface area contributed by atoms with Crippen molar-refractivity contribution < 1.29 is 9.53 Å². The number of carbonyl (C=O) groups excluding carboxylic acids is 1. The molecule has 1 heterocycles. The monoisotopic (exact) mass is 229 g/mol. The highest BCUT2D eigenvalue weighted by Crippen LogP contribution is 2.19. The Balaban J connectivity index is 2.62. The Morgan fingerprint density at radius 2 is 2.06 bits per heavy atom. The van der Waals surface area contributed by atoms with E-state index in [2.05, 4.69) is 4.98 Å². The molecule has 0 aliphatic heterocycles. The van der Waals surface area contributed by atoms with Gasteiger partial charge in [0.05, 0.1) is 6.61 Å². The summed E-state index contributed by atoms with van der Waals surface area (Å²) in [6.07, 6.45) is 0.803. The molecule has 0 aliphatic rings. The van der Waals surface area contributed by atoms with Gasteiger partial charge in [0.25, 0.3) is 0 Å². The summed E-state index contributed by atoms with van der Waals surface area (Å²) in [4.78, 5) is 16.2. The lowest BCUT2D eigenvalue weighted by atomic mass is 10.1. The highest BCUT2D eigenvalue weighted by molar-refractivity contribution is 6.02. The maximum absolute atomic E-state index is 11.8. The predicted octanol–water partition coefficient (Wildman–Crippen LogP) is 2.97. The van der Waals surface area contributed by atoms with Crippen LogP contribution in [-0.2, 0) is 11.2 Å². The quantitative estimate of drug-likeness (QED) is 0.759. The lowest BCUT2D eigenvalue weighted by molar-refractivity contribution is 0.0522. The first-order chi connectivity index (χ1) is 8.26. The normalized spacial score (nSPS) is 10.5. The summed E-state index contributed by atoms with van der Waals surface area (Å²) in [5.74, 6) is -0.348. The second-order valence-corrected chi connectivity index (χ2v) is 3.76. The van der Waals surface area contributed by atoms with Crippen molar-refractivity contribution in [1.29, 1.82) is 0 Å². The molecule has 1 aromatic heterocycles. The fourth-order valence-corrected chi connectivity index (χ4v) is 1.79. The number of aryl methyl sites for hydroxylation is 1. The number of esters is 1. The minimum absolute atomic E-state index is 0.348. The Kier molecular flexibility index (Phi) is 3.38. The van der Waals surface area contributed by atoms with E-state index < -0.39 is 0 Å². The maximum Gasteiger partial charge on any atom is 0.357 e. The van der Waals surface area contributed by atoms with Gasteiger partial charge in [-0.05, 0) is 24.8 Å². The topological polar surface area (TPSA) is 39.2 Å². The molecule has 17 heavy (non-hydrogen) atoms. The number of carbonyl (C=O) groups is 1. The van der Waals surface area contributed by atoms with Crippen LogP contribution in [0.4, 0.5) is 0 Å². The molecule has 0 saturated heterocycles. The van der Waals surface area contributed by atoms with Crippen molar-refractivity contribution in [2.75, 3.05) is 6.61 Å². The lowest BCUT2D eigenvalue weighted by Gasteiger charge is -2.07. The molecule has 0 saturated carbocycles. The minimum Gasteiger partial charge on any atom is -0.461 e. The molecule has 0 fully saturated rings. The molecule has 0 amide bonds. The number of benzene rings is 1. The lowest BCUT2D eigenvalue weighted by Crippen LogP contribution is -2.09. The molecule has 88 valence electrons. The molecule has 0 N–H and O–H groups in total. The number of rotatable bonds is 3. The number of fused-ring (bicyclic) bond motifs is 1. The van der Waals surface area contributed by atoms with Gasteiger partial charge in [-0.1, -0.05) is 31.2 Å². The summed E-state index contributed by atoms with van der Waals surface area (Å²) in [6.45, 7) is 4.18. The zero-order chi connectivity index (χ0) is 12.3. The van der Waals surface area contributed by atoms with E-state index in [9.17, 15) is 4.79 Å². The number of nitrogens with zero attached hydrogens (tertiary/aromatic N) is 1. The van der Waals surface area contributed by atoms with E-state index >= 15 is 0 Å². The first kappa shape index (κ1) is 11.6. The van der Waals surface area contributed by atoms with Crippen molar-refractivity contribution in [2.24, 2.45) is 0 Å². The molecule has 3 nitrogen and oxygen atoms in total. The van der Waals surface area contributed by atoms with Crippen LogP contribution in [0.3, 0.4) is 0 Å². The van der Waals surface area contributed by atoms with Crippen molar-refractivity contribution in [2.45, 2.75) is 20.3 Å². The third kappa shape index (κ3) is 2.28. The van der Waals surface area contributed by atoms with E-state index in [0.29, 0.717) is 12.3 Å². The molecule has 0 aliphatic carbocycles. The summed E-state index contributed by atoms with van der Waals surface area (Å²) in [5.41, 5.74) is 1.33. The van der Waals surface area contributed by atoms with Gasteiger partial charge in [-0.3, -0.25) is 0 Å². The highest BCUT2D eigenvalue weighted by atomic mass is 16.5. The summed E-state index contributed by atoms with van der Waals surface area (Å²) in [7, 11) is 0. The average molecular weight is 229 g/mol. The van der Waals surface area contributed by atoms with E-state index in [1.807, 2.05) is 37.3 Å². The largest absolute Gasteiger partial charge is 0.461 e. The molecule has 2 aromatic rings. The Morgan fingerprint density at radius 3 is 2.76 bits per heavy atom. The molecular formula is C14H15NO2. The number of pyridine rings is 1. The zero-order valence-corrected chi connectivity index (χ0v) is 10.1. The SMILES string of the molecule is CCOC(=O)c1nc(CC)cc2ccccc12. The Labute approximate surface area is 100 Å². The fourth-order valence-electron chi connectivity index (χ4n) is 1.79. The number of aromatic nitrogens is 1. The van der Waals surface area contributed by atoms with Gasteiger partial charge in [-0.2, -0.15) is 0 Å². The van der Waals surface area contributed by atoms with E-state index in [-0.39, 0.29) is 5.97 Å². The summed E-state index contributed by atoms with van der Waals surface area (Å²) in [5, 5.41) is 1.88. The molecule has 2 rings (SSSR count). The van der Waals surface area contributed by atoms with Crippen LogP contribution >= 0.6 is 0 Å². The third-order valence-electron chi connectivity index (χ3n) is 2.62. The van der Waals surface area contributed by atoms with Crippen LogP contribution in [0.25, 0.3) is 10.8 Å². The standard InChI is InChI=1S/C14H15NO2/c1-3-11-9-10-7-5-6-8-12(10)13(15-11)14(16)17-4-2/h5-9H,3-4H2,1-2H3. The van der Waals surface area contributed by atoms with Crippen LogP contribution in [0, 0.1) is 0 Å². The van der Waals surface area contributed by atoms with Gasteiger partial charge < -0.3 is 4.74 Å². The molecule has 0 atom stereocenters. The Bertz CT molecular complexity index is 549. The van der Waals surface area contributed by atoms with Crippen molar-refractivity contribution in [3.8, 4) is 0 Å². The van der Waals surface area contributed by atoms with Crippen LogP contribution in [0.5, 0.6) is 0 Å². The summed E-state index contributed by atoms with van der Waals surface area (Å²) >= 11 is 0. The van der Waals surface area contributed by atoms with Crippen LogP contribution in [0.1, 0.15) is 30.0 Å². The first-order valence-electron chi connectivity index (χ1n) is 5.82.